The van der Waals surface area contributed by atoms with Crippen molar-refractivity contribution in [2.45, 2.75) is 19.0 Å². The molecule has 2 rings (SSSR count). The Balaban J connectivity index is 2.02. The number of anilines is 1. The predicted octanol–water partition coefficient (Wildman–Crippen LogP) is 2.85. The molecule has 1 heterocycles. The first kappa shape index (κ1) is 16.2. The molecule has 1 aromatic carbocycles. The number of nitrogens with one attached hydrogen (secondary N) is 1. The van der Waals surface area contributed by atoms with Crippen LogP contribution in [0.4, 0.5) is 19.1 Å². The first-order valence-electron chi connectivity index (χ1n) is 6.91. The Kier molecular flexibility index (Phi) is 5.32. The molecule has 0 spiro atoms. The first-order valence-corrected chi connectivity index (χ1v) is 6.91. The summed E-state index contributed by atoms with van der Waals surface area (Å²) in [4.78, 5) is 8.41. The lowest BCUT2D eigenvalue weighted by atomic mass is 10.1. The molecular weight excluding hydrogens is 293 g/mol. The summed E-state index contributed by atoms with van der Waals surface area (Å²) in [5.74, 6) is 0.498. The lowest BCUT2D eigenvalue weighted by Gasteiger charge is -2.08. The third-order valence-electron chi connectivity index (χ3n) is 3.04. The summed E-state index contributed by atoms with van der Waals surface area (Å²) in [6.07, 6.45) is -1.43. The largest absolute Gasteiger partial charge is 0.416 e. The normalized spacial score (nSPS) is 11.5. The van der Waals surface area contributed by atoms with Gasteiger partial charge in [0, 0.05) is 19.2 Å². The van der Waals surface area contributed by atoms with Crippen molar-refractivity contribution >= 4 is 5.95 Å². The van der Waals surface area contributed by atoms with Crippen LogP contribution in [0, 0.1) is 0 Å². The number of hydrogen-bond donors (Lipinski definition) is 2. The minimum absolute atomic E-state index is 0.451. The van der Waals surface area contributed by atoms with Gasteiger partial charge in [-0.25, -0.2) is 9.97 Å². The minimum Gasteiger partial charge on any atom is -0.354 e. The highest BCUT2D eigenvalue weighted by molar-refractivity contribution is 5.30. The van der Waals surface area contributed by atoms with Crippen LogP contribution in [0.3, 0.4) is 0 Å². The van der Waals surface area contributed by atoms with E-state index >= 15 is 0 Å². The van der Waals surface area contributed by atoms with E-state index < -0.39 is 11.7 Å². The standard InChI is InChI=1S/C15H17F3N4/c16-15(17,18)12-4-2-11(3-5-12)10-13-6-9-21-14(22-13)20-8-1-7-19/h2-6,9H,1,7-8,10,19H2,(H,20,21,22). The summed E-state index contributed by atoms with van der Waals surface area (Å²) >= 11 is 0. The van der Waals surface area contributed by atoms with Gasteiger partial charge >= 0.3 is 6.18 Å². The van der Waals surface area contributed by atoms with Gasteiger partial charge in [0.2, 0.25) is 5.95 Å². The van der Waals surface area contributed by atoms with Gasteiger partial charge in [-0.15, -0.1) is 0 Å². The molecule has 118 valence electrons. The van der Waals surface area contributed by atoms with Gasteiger partial charge in [0.15, 0.2) is 0 Å². The maximum absolute atomic E-state index is 12.5. The molecule has 7 heteroatoms. The highest BCUT2D eigenvalue weighted by Crippen LogP contribution is 2.29. The number of nitrogens with zero attached hydrogens (tertiary/aromatic N) is 2. The lowest BCUT2D eigenvalue weighted by molar-refractivity contribution is -0.137. The summed E-state index contributed by atoms with van der Waals surface area (Å²) in [7, 11) is 0. The molecule has 0 unspecified atom stereocenters. The van der Waals surface area contributed by atoms with Crippen molar-refractivity contribution in [2.75, 3.05) is 18.4 Å². The van der Waals surface area contributed by atoms with E-state index in [1.165, 1.54) is 12.1 Å². The Labute approximate surface area is 126 Å². The molecule has 22 heavy (non-hydrogen) atoms. The summed E-state index contributed by atoms with van der Waals surface area (Å²) in [5, 5.41) is 3.05. The summed E-state index contributed by atoms with van der Waals surface area (Å²) in [6.45, 7) is 1.26. The molecular formula is C15H17F3N4. The van der Waals surface area contributed by atoms with E-state index in [-0.39, 0.29) is 0 Å². The number of benzene rings is 1. The van der Waals surface area contributed by atoms with Crippen molar-refractivity contribution in [3.05, 3.63) is 53.3 Å². The van der Waals surface area contributed by atoms with Crippen LogP contribution < -0.4 is 11.1 Å². The first-order chi connectivity index (χ1) is 10.5. The minimum atomic E-state index is -4.31. The van der Waals surface area contributed by atoms with Crippen LogP contribution in [0.15, 0.2) is 36.5 Å². The Morgan fingerprint density at radius 3 is 2.45 bits per heavy atom. The molecule has 0 radical (unpaired) electrons. The van der Waals surface area contributed by atoms with E-state index in [4.69, 9.17) is 5.73 Å². The zero-order valence-corrected chi connectivity index (χ0v) is 11.9. The summed E-state index contributed by atoms with van der Waals surface area (Å²) in [5.41, 5.74) is 6.26. The predicted molar refractivity (Wildman–Crippen MR) is 78.4 cm³/mol. The topological polar surface area (TPSA) is 63.8 Å². The van der Waals surface area contributed by atoms with E-state index in [1.807, 2.05) is 0 Å². The fourth-order valence-corrected chi connectivity index (χ4v) is 1.90. The van der Waals surface area contributed by atoms with Crippen LogP contribution in [0.1, 0.15) is 23.2 Å². The van der Waals surface area contributed by atoms with Crippen molar-refractivity contribution in [3.8, 4) is 0 Å². The second-order valence-corrected chi connectivity index (χ2v) is 4.81. The fraction of sp³-hybridized carbons (Fsp3) is 0.333. The smallest absolute Gasteiger partial charge is 0.354 e. The molecule has 0 aliphatic carbocycles. The van der Waals surface area contributed by atoms with Gasteiger partial charge in [0.25, 0.3) is 0 Å². The van der Waals surface area contributed by atoms with E-state index in [9.17, 15) is 13.2 Å². The van der Waals surface area contributed by atoms with Crippen LogP contribution in [0.5, 0.6) is 0 Å². The Bertz CT molecular complexity index is 596. The summed E-state index contributed by atoms with van der Waals surface area (Å²) < 4.78 is 37.5. The van der Waals surface area contributed by atoms with Crippen LogP contribution in [-0.2, 0) is 12.6 Å². The van der Waals surface area contributed by atoms with E-state index in [2.05, 4.69) is 15.3 Å². The van der Waals surface area contributed by atoms with Gasteiger partial charge < -0.3 is 11.1 Å². The lowest BCUT2D eigenvalue weighted by Crippen LogP contribution is -2.11. The zero-order chi connectivity index (χ0) is 16.0. The number of alkyl halides is 3. The number of halogens is 3. The SMILES string of the molecule is NCCCNc1nccc(Cc2ccc(C(F)(F)F)cc2)n1. The monoisotopic (exact) mass is 310 g/mol. The second kappa shape index (κ2) is 7.22. The Morgan fingerprint density at radius 2 is 1.82 bits per heavy atom. The Morgan fingerprint density at radius 1 is 1.09 bits per heavy atom. The molecule has 0 bridgehead atoms. The third-order valence-corrected chi connectivity index (χ3v) is 3.04. The molecule has 0 aliphatic rings. The van der Waals surface area contributed by atoms with Crippen LogP contribution in [-0.4, -0.2) is 23.1 Å². The number of hydrogen-bond acceptors (Lipinski definition) is 4. The van der Waals surface area contributed by atoms with Gasteiger partial charge in [-0.1, -0.05) is 12.1 Å². The molecule has 2 aromatic rings. The molecule has 0 saturated heterocycles. The quantitative estimate of drug-likeness (QED) is 0.805. The van der Waals surface area contributed by atoms with Gasteiger partial charge in [0.05, 0.1) is 11.3 Å². The maximum atomic E-state index is 12.5. The average molecular weight is 310 g/mol. The molecule has 0 aliphatic heterocycles. The highest BCUT2D eigenvalue weighted by Gasteiger charge is 2.29. The molecule has 0 saturated carbocycles. The number of rotatable bonds is 6. The van der Waals surface area contributed by atoms with Crippen molar-refractivity contribution in [3.63, 3.8) is 0 Å². The van der Waals surface area contributed by atoms with E-state index in [1.54, 1.807) is 12.3 Å². The third kappa shape index (κ3) is 4.70. The molecule has 1 aromatic heterocycles. The zero-order valence-electron chi connectivity index (χ0n) is 11.9. The molecule has 0 atom stereocenters. The van der Waals surface area contributed by atoms with Crippen LogP contribution >= 0.6 is 0 Å². The second-order valence-electron chi connectivity index (χ2n) is 4.81. The average Bonchev–Trinajstić information content (AvgIpc) is 2.48. The van der Waals surface area contributed by atoms with Gasteiger partial charge in [0.1, 0.15) is 0 Å². The summed E-state index contributed by atoms with van der Waals surface area (Å²) in [6, 6.07) is 6.83. The van der Waals surface area contributed by atoms with Crippen LogP contribution in [0.25, 0.3) is 0 Å². The molecule has 0 amide bonds. The van der Waals surface area contributed by atoms with Crippen molar-refractivity contribution < 1.29 is 13.2 Å². The van der Waals surface area contributed by atoms with Crippen molar-refractivity contribution in [2.24, 2.45) is 5.73 Å². The molecule has 0 fully saturated rings. The van der Waals surface area contributed by atoms with Crippen molar-refractivity contribution in [1.82, 2.24) is 9.97 Å². The fourth-order valence-electron chi connectivity index (χ4n) is 1.90. The number of nitrogens with two attached hydrogens (primary N) is 1. The highest BCUT2D eigenvalue weighted by atomic mass is 19.4. The number of aromatic nitrogens is 2. The van der Waals surface area contributed by atoms with Gasteiger partial charge in [-0.2, -0.15) is 13.2 Å². The van der Waals surface area contributed by atoms with Crippen LogP contribution in [0.2, 0.25) is 0 Å². The molecule has 4 nitrogen and oxygen atoms in total. The van der Waals surface area contributed by atoms with Gasteiger partial charge in [-0.05, 0) is 36.7 Å². The van der Waals surface area contributed by atoms with E-state index in [0.29, 0.717) is 25.5 Å². The Hall–Kier alpha value is -2.15. The maximum Gasteiger partial charge on any atom is 0.416 e. The van der Waals surface area contributed by atoms with E-state index in [0.717, 1.165) is 29.8 Å². The van der Waals surface area contributed by atoms with Crippen molar-refractivity contribution in [1.29, 1.82) is 0 Å². The van der Waals surface area contributed by atoms with Gasteiger partial charge in [-0.3, -0.25) is 0 Å². The molecule has 3 N–H and O–H groups in total.